The van der Waals surface area contributed by atoms with Gasteiger partial charge in [-0.2, -0.15) is 10.1 Å². The number of hydrogen-bond acceptors (Lipinski definition) is 6. The molecular formula is C19H21N5O. The van der Waals surface area contributed by atoms with Crippen LogP contribution in [0.2, 0.25) is 0 Å². The van der Waals surface area contributed by atoms with Gasteiger partial charge in [-0.15, -0.1) is 5.10 Å². The molecule has 0 aliphatic heterocycles. The molecule has 3 rings (SSSR count). The SMILES string of the molecule is COc1ccc(C)cc1Nc1nncc(NCc2ccccc2C)n1. The molecule has 3 aromatic rings. The Balaban J connectivity index is 1.74. The number of hydrogen-bond donors (Lipinski definition) is 2. The van der Waals surface area contributed by atoms with Gasteiger partial charge < -0.3 is 15.4 Å². The molecule has 0 atom stereocenters. The lowest BCUT2D eigenvalue weighted by Crippen LogP contribution is -2.07. The molecule has 0 saturated carbocycles. The van der Waals surface area contributed by atoms with E-state index in [1.54, 1.807) is 13.3 Å². The minimum absolute atomic E-state index is 0.415. The molecule has 0 aliphatic rings. The molecule has 128 valence electrons. The summed E-state index contributed by atoms with van der Waals surface area (Å²) in [4.78, 5) is 4.47. The zero-order valence-electron chi connectivity index (χ0n) is 14.6. The van der Waals surface area contributed by atoms with Gasteiger partial charge in [0, 0.05) is 6.54 Å². The first-order valence-corrected chi connectivity index (χ1v) is 8.05. The van der Waals surface area contributed by atoms with E-state index in [1.165, 1.54) is 11.1 Å². The second-order valence-electron chi connectivity index (χ2n) is 5.77. The van der Waals surface area contributed by atoms with Gasteiger partial charge in [-0.25, -0.2) is 0 Å². The summed E-state index contributed by atoms with van der Waals surface area (Å²) in [5.74, 6) is 1.80. The number of aryl methyl sites for hydroxylation is 2. The number of benzene rings is 2. The molecule has 0 spiro atoms. The predicted molar refractivity (Wildman–Crippen MR) is 99.3 cm³/mol. The fourth-order valence-corrected chi connectivity index (χ4v) is 2.48. The van der Waals surface area contributed by atoms with E-state index < -0.39 is 0 Å². The summed E-state index contributed by atoms with van der Waals surface area (Å²) in [6, 6.07) is 14.1. The van der Waals surface area contributed by atoms with E-state index in [0.29, 0.717) is 18.3 Å². The monoisotopic (exact) mass is 335 g/mol. The normalized spacial score (nSPS) is 10.4. The topological polar surface area (TPSA) is 72.0 Å². The summed E-state index contributed by atoms with van der Waals surface area (Å²) in [5.41, 5.74) is 4.38. The molecule has 2 N–H and O–H groups in total. The average Bonchev–Trinajstić information content (AvgIpc) is 2.62. The summed E-state index contributed by atoms with van der Waals surface area (Å²) in [7, 11) is 1.63. The third-order valence-electron chi connectivity index (χ3n) is 3.88. The van der Waals surface area contributed by atoms with Gasteiger partial charge in [0.05, 0.1) is 19.0 Å². The van der Waals surface area contributed by atoms with E-state index in [0.717, 1.165) is 17.0 Å². The highest BCUT2D eigenvalue weighted by Crippen LogP contribution is 2.27. The van der Waals surface area contributed by atoms with Crippen molar-refractivity contribution in [3.05, 3.63) is 65.4 Å². The maximum absolute atomic E-state index is 5.37. The first-order chi connectivity index (χ1) is 12.2. The summed E-state index contributed by atoms with van der Waals surface area (Å²) in [5, 5.41) is 14.5. The lowest BCUT2D eigenvalue weighted by atomic mass is 10.1. The quantitative estimate of drug-likeness (QED) is 0.713. The Morgan fingerprint density at radius 1 is 1.08 bits per heavy atom. The summed E-state index contributed by atoms with van der Waals surface area (Å²) in [6.07, 6.45) is 1.61. The molecule has 25 heavy (non-hydrogen) atoms. The molecule has 0 bridgehead atoms. The Kier molecular flexibility index (Phi) is 5.09. The highest BCUT2D eigenvalue weighted by Gasteiger charge is 2.07. The molecule has 6 heteroatoms. The average molecular weight is 335 g/mol. The predicted octanol–water partition coefficient (Wildman–Crippen LogP) is 3.85. The van der Waals surface area contributed by atoms with Crippen LogP contribution in [0.4, 0.5) is 17.5 Å². The van der Waals surface area contributed by atoms with Crippen molar-refractivity contribution in [1.82, 2.24) is 15.2 Å². The number of nitrogens with one attached hydrogen (secondary N) is 2. The van der Waals surface area contributed by atoms with Gasteiger partial charge in [0.1, 0.15) is 5.75 Å². The van der Waals surface area contributed by atoms with E-state index in [4.69, 9.17) is 4.74 Å². The number of ether oxygens (including phenoxy) is 1. The van der Waals surface area contributed by atoms with Crippen LogP contribution >= 0.6 is 0 Å². The largest absolute Gasteiger partial charge is 0.495 e. The van der Waals surface area contributed by atoms with Crippen LogP contribution in [0, 0.1) is 13.8 Å². The maximum atomic E-state index is 5.37. The Bertz CT molecular complexity index is 866. The van der Waals surface area contributed by atoms with Crippen LogP contribution < -0.4 is 15.4 Å². The van der Waals surface area contributed by atoms with Gasteiger partial charge in [-0.1, -0.05) is 30.3 Å². The van der Waals surface area contributed by atoms with E-state index in [9.17, 15) is 0 Å². The molecule has 0 amide bonds. The number of rotatable bonds is 6. The van der Waals surface area contributed by atoms with Gasteiger partial charge in [0.2, 0.25) is 5.95 Å². The number of nitrogens with zero attached hydrogens (tertiary/aromatic N) is 3. The fraction of sp³-hybridized carbons (Fsp3) is 0.211. The fourth-order valence-electron chi connectivity index (χ4n) is 2.48. The standard InChI is InChI=1S/C19H21N5O/c1-13-8-9-17(25-3)16(10-13)22-19-23-18(12-21-24-19)20-11-15-7-5-4-6-14(15)2/h4-10,12H,11H2,1-3H3,(H2,20,22,23,24). The Hall–Kier alpha value is -3.15. The second-order valence-corrected chi connectivity index (χ2v) is 5.77. The van der Waals surface area contributed by atoms with Crippen LogP contribution in [0.15, 0.2) is 48.7 Å². The van der Waals surface area contributed by atoms with Crippen molar-refractivity contribution in [2.24, 2.45) is 0 Å². The minimum Gasteiger partial charge on any atom is -0.495 e. The summed E-state index contributed by atoms with van der Waals surface area (Å²) >= 11 is 0. The molecule has 0 unspecified atom stereocenters. The smallest absolute Gasteiger partial charge is 0.249 e. The van der Waals surface area contributed by atoms with Crippen molar-refractivity contribution < 1.29 is 4.74 Å². The molecule has 2 aromatic carbocycles. The van der Waals surface area contributed by atoms with Gasteiger partial charge in [0.15, 0.2) is 5.82 Å². The Morgan fingerprint density at radius 2 is 1.92 bits per heavy atom. The van der Waals surface area contributed by atoms with Crippen LogP contribution in [-0.2, 0) is 6.54 Å². The Morgan fingerprint density at radius 3 is 2.72 bits per heavy atom. The minimum atomic E-state index is 0.415. The molecule has 0 radical (unpaired) electrons. The van der Waals surface area contributed by atoms with E-state index in [2.05, 4.69) is 44.9 Å². The van der Waals surface area contributed by atoms with Crippen molar-refractivity contribution in [2.45, 2.75) is 20.4 Å². The lowest BCUT2D eigenvalue weighted by molar-refractivity contribution is 0.416. The molecule has 1 heterocycles. The molecule has 1 aromatic heterocycles. The van der Waals surface area contributed by atoms with E-state index >= 15 is 0 Å². The molecule has 6 nitrogen and oxygen atoms in total. The third-order valence-corrected chi connectivity index (χ3v) is 3.88. The molecule has 0 aliphatic carbocycles. The van der Waals surface area contributed by atoms with Gasteiger partial charge >= 0.3 is 0 Å². The Labute approximate surface area is 147 Å². The van der Waals surface area contributed by atoms with Crippen LogP contribution in [0.5, 0.6) is 5.75 Å². The van der Waals surface area contributed by atoms with Gasteiger partial charge in [-0.3, -0.25) is 0 Å². The molecular weight excluding hydrogens is 314 g/mol. The number of methoxy groups -OCH3 is 1. The first kappa shape index (κ1) is 16.7. The van der Waals surface area contributed by atoms with Crippen molar-refractivity contribution in [2.75, 3.05) is 17.7 Å². The van der Waals surface area contributed by atoms with Crippen molar-refractivity contribution in [3.8, 4) is 5.75 Å². The summed E-state index contributed by atoms with van der Waals surface area (Å²) in [6.45, 7) is 4.79. The molecule has 0 saturated heterocycles. The van der Waals surface area contributed by atoms with Gasteiger partial charge in [0.25, 0.3) is 0 Å². The van der Waals surface area contributed by atoms with Crippen molar-refractivity contribution in [3.63, 3.8) is 0 Å². The van der Waals surface area contributed by atoms with E-state index in [1.807, 2.05) is 37.3 Å². The van der Waals surface area contributed by atoms with Crippen LogP contribution in [-0.4, -0.2) is 22.3 Å². The molecule has 0 fully saturated rings. The lowest BCUT2D eigenvalue weighted by Gasteiger charge is -2.12. The van der Waals surface area contributed by atoms with E-state index in [-0.39, 0.29) is 0 Å². The zero-order valence-corrected chi connectivity index (χ0v) is 14.6. The van der Waals surface area contributed by atoms with Gasteiger partial charge in [-0.05, 0) is 42.7 Å². The van der Waals surface area contributed by atoms with Crippen LogP contribution in [0.25, 0.3) is 0 Å². The number of anilines is 3. The number of aromatic nitrogens is 3. The first-order valence-electron chi connectivity index (χ1n) is 8.05. The second kappa shape index (κ2) is 7.61. The van der Waals surface area contributed by atoms with Crippen molar-refractivity contribution in [1.29, 1.82) is 0 Å². The summed E-state index contributed by atoms with van der Waals surface area (Å²) < 4.78 is 5.37. The third kappa shape index (κ3) is 4.23. The highest BCUT2D eigenvalue weighted by molar-refractivity contribution is 5.63. The van der Waals surface area contributed by atoms with Crippen LogP contribution in [0.1, 0.15) is 16.7 Å². The highest BCUT2D eigenvalue weighted by atomic mass is 16.5. The van der Waals surface area contributed by atoms with Crippen molar-refractivity contribution >= 4 is 17.5 Å². The van der Waals surface area contributed by atoms with Crippen LogP contribution in [0.3, 0.4) is 0 Å². The maximum Gasteiger partial charge on any atom is 0.249 e. The zero-order chi connectivity index (χ0) is 17.6.